The van der Waals surface area contributed by atoms with Crippen molar-refractivity contribution in [1.29, 1.82) is 0 Å². The van der Waals surface area contributed by atoms with Crippen molar-refractivity contribution in [2.24, 2.45) is 0 Å². The minimum Gasteiger partial charge on any atom is -0.476 e. The maximum Gasteiger partial charge on any atom is 0.357 e. The van der Waals surface area contributed by atoms with Crippen LogP contribution in [0.5, 0.6) is 0 Å². The second kappa shape index (κ2) is 5.62. The topological polar surface area (TPSA) is 125 Å². The number of aromatic nitrogens is 3. The predicted molar refractivity (Wildman–Crippen MR) is 73.3 cm³/mol. The Kier molecular flexibility index (Phi) is 4.05. The minimum absolute atomic E-state index is 0.0195. The molecule has 21 heavy (non-hydrogen) atoms. The fraction of sp³-hybridized carbons (Fsp3) is 0.250. The minimum atomic E-state index is -3.99. The third-order valence-electron chi connectivity index (χ3n) is 2.96. The normalized spacial score (nSPS) is 11.5. The first-order valence-electron chi connectivity index (χ1n) is 6.00. The number of rotatable bonds is 5. The van der Waals surface area contributed by atoms with Gasteiger partial charge < -0.3 is 5.11 Å². The highest BCUT2D eigenvalue weighted by Gasteiger charge is 2.28. The monoisotopic (exact) mass is 310 g/mol. The number of carboxylic acid groups (broad SMARTS) is 1. The van der Waals surface area contributed by atoms with Gasteiger partial charge in [-0.05, 0) is 31.0 Å². The van der Waals surface area contributed by atoms with Gasteiger partial charge in [0, 0.05) is 18.9 Å². The Morgan fingerprint density at radius 1 is 1.43 bits per heavy atom. The van der Waals surface area contributed by atoms with E-state index in [-0.39, 0.29) is 17.1 Å². The molecule has 0 amide bonds. The quantitative estimate of drug-likeness (QED) is 0.742. The number of nitrogens with zero attached hydrogens (tertiary/aromatic N) is 2. The summed E-state index contributed by atoms with van der Waals surface area (Å²) < 4.78 is 26.9. The van der Waals surface area contributed by atoms with Crippen LogP contribution in [0, 0.1) is 13.8 Å². The predicted octanol–water partition coefficient (Wildman–Crippen LogP) is 0.598. The van der Waals surface area contributed by atoms with Gasteiger partial charge in [-0.15, -0.1) is 0 Å². The molecule has 2 aromatic heterocycles. The summed E-state index contributed by atoms with van der Waals surface area (Å²) in [5.74, 6) is -1.41. The van der Waals surface area contributed by atoms with Crippen LogP contribution in [-0.4, -0.2) is 34.7 Å². The summed E-state index contributed by atoms with van der Waals surface area (Å²) in [7, 11) is -3.99. The van der Waals surface area contributed by atoms with Crippen molar-refractivity contribution in [3.63, 3.8) is 0 Å². The summed E-state index contributed by atoms with van der Waals surface area (Å²) in [5, 5.41) is 14.9. The van der Waals surface area contributed by atoms with E-state index >= 15 is 0 Å². The first-order valence-corrected chi connectivity index (χ1v) is 7.48. The van der Waals surface area contributed by atoms with Crippen LogP contribution >= 0.6 is 0 Å². The second-order valence-electron chi connectivity index (χ2n) is 4.46. The Hall–Kier alpha value is -2.26. The lowest BCUT2D eigenvalue weighted by Crippen LogP contribution is -2.25. The molecule has 8 nitrogen and oxygen atoms in total. The van der Waals surface area contributed by atoms with Crippen molar-refractivity contribution in [3.8, 4) is 0 Å². The molecule has 0 bridgehead atoms. The molecule has 0 spiro atoms. The SMILES string of the molecule is Cc1ccncc1CNS(=O)(=O)c1c(C(=O)O)n[nH]c1C. The molecule has 0 saturated heterocycles. The van der Waals surface area contributed by atoms with Gasteiger partial charge in [-0.3, -0.25) is 10.1 Å². The maximum atomic E-state index is 12.3. The molecular weight excluding hydrogens is 296 g/mol. The van der Waals surface area contributed by atoms with E-state index in [1.807, 2.05) is 6.92 Å². The van der Waals surface area contributed by atoms with E-state index in [0.717, 1.165) is 5.56 Å². The number of carboxylic acids is 1. The van der Waals surface area contributed by atoms with Crippen LogP contribution in [0.3, 0.4) is 0 Å². The fourth-order valence-electron chi connectivity index (χ4n) is 1.82. The summed E-state index contributed by atoms with van der Waals surface area (Å²) >= 11 is 0. The van der Waals surface area contributed by atoms with Crippen LogP contribution in [0.2, 0.25) is 0 Å². The molecule has 0 aromatic carbocycles. The molecule has 0 radical (unpaired) electrons. The first-order chi connectivity index (χ1) is 9.83. The number of H-pyrrole nitrogens is 1. The summed E-state index contributed by atoms with van der Waals surface area (Å²) in [6, 6.07) is 1.76. The molecule has 2 heterocycles. The van der Waals surface area contributed by atoms with Gasteiger partial charge in [-0.2, -0.15) is 5.10 Å². The van der Waals surface area contributed by atoms with Crippen molar-refractivity contribution in [3.05, 3.63) is 41.0 Å². The number of aryl methyl sites for hydroxylation is 2. The van der Waals surface area contributed by atoms with Gasteiger partial charge in [0.05, 0.1) is 5.69 Å². The largest absolute Gasteiger partial charge is 0.476 e. The number of aromatic carboxylic acids is 1. The van der Waals surface area contributed by atoms with Crippen molar-refractivity contribution < 1.29 is 18.3 Å². The van der Waals surface area contributed by atoms with E-state index in [2.05, 4.69) is 19.9 Å². The van der Waals surface area contributed by atoms with Crippen LogP contribution in [-0.2, 0) is 16.6 Å². The number of nitrogens with one attached hydrogen (secondary N) is 2. The van der Waals surface area contributed by atoms with E-state index in [1.165, 1.54) is 6.92 Å². The average molecular weight is 310 g/mol. The van der Waals surface area contributed by atoms with Crippen LogP contribution in [0.1, 0.15) is 27.3 Å². The smallest absolute Gasteiger partial charge is 0.357 e. The van der Waals surface area contributed by atoms with E-state index in [4.69, 9.17) is 5.11 Å². The van der Waals surface area contributed by atoms with E-state index in [9.17, 15) is 13.2 Å². The van der Waals surface area contributed by atoms with Gasteiger partial charge in [0.2, 0.25) is 10.0 Å². The molecule has 2 aromatic rings. The van der Waals surface area contributed by atoms with E-state index in [1.54, 1.807) is 18.5 Å². The van der Waals surface area contributed by atoms with Gasteiger partial charge in [-0.25, -0.2) is 17.9 Å². The highest BCUT2D eigenvalue weighted by atomic mass is 32.2. The molecule has 9 heteroatoms. The maximum absolute atomic E-state index is 12.3. The Balaban J connectivity index is 2.30. The van der Waals surface area contributed by atoms with Gasteiger partial charge in [-0.1, -0.05) is 0 Å². The third-order valence-corrected chi connectivity index (χ3v) is 4.52. The Labute approximate surface area is 121 Å². The molecule has 2 rings (SSSR count). The third kappa shape index (κ3) is 3.09. The summed E-state index contributed by atoms with van der Waals surface area (Å²) in [6.07, 6.45) is 3.16. The summed E-state index contributed by atoms with van der Waals surface area (Å²) in [5.41, 5.74) is 1.24. The molecule has 112 valence electrons. The zero-order valence-corrected chi connectivity index (χ0v) is 12.2. The van der Waals surface area contributed by atoms with Crippen LogP contribution in [0.15, 0.2) is 23.4 Å². The lowest BCUT2D eigenvalue weighted by atomic mass is 10.2. The summed E-state index contributed by atoms with van der Waals surface area (Å²) in [6.45, 7) is 3.30. The van der Waals surface area contributed by atoms with Crippen molar-refractivity contribution in [2.75, 3.05) is 0 Å². The zero-order chi connectivity index (χ0) is 15.6. The van der Waals surface area contributed by atoms with Gasteiger partial charge in [0.15, 0.2) is 5.69 Å². The van der Waals surface area contributed by atoms with Crippen LogP contribution in [0.25, 0.3) is 0 Å². The zero-order valence-electron chi connectivity index (χ0n) is 11.4. The van der Waals surface area contributed by atoms with Crippen LogP contribution < -0.4 is 4.72 Å². The Bertz CT molecular complexity index is 782. The Morgan fingerprint density at radius 2 is 2.14 bits per heavy atom. The number of aromatic amines is 1. The average Bonchev–Trinajstić information content (AvgIpc) is 2.81. The molecule has 0 aliphatic heterocycles. The lowest BCUT2D eigenvalue weighted by molar-refractivity contribution is 0.0686. The molecule has 0 aliphatic rings. The number of hydrogen-bond donors (Lipinski definition) is 3. The highest BCUT2D eigenvalue weighted by Crippen LogP contribution is 2.18. The standard InChI is InChI=1S/C12H14N4O4S/c1-7-3-4-13-5-9(7)6-14-21(19,20)11-8(2)15-16-10(11)12(17)18/h3-5,14H,6H2,1-2H3,(H,15,16)(H,17,18). The van der Waals surface area contributed by atoms with Crippen molar-refractivity contribution >= 4 is 16.0 Å². The molecule has 0 aliphatic carbocycles. The molecule has 0 saturated carbocycles. The molecule has 0 atom stereocenters. The number of sulfonamides is 1. The molecule has 0 fully saturated rings. The molecule has 3 N–H and O–H groups in total. The van der Waals surface area contributed by atoms with Crippen molar-refractivity contribution in [1.82, 2.24) is 19.9 Å². The Morgan fingerprint density at radius 3 is 2.76 bits per heavy atom. The number of carbonyl (C=O) groups is 1. The number of hydrogen-bond acceptors (Lipinski definition) is 5. The fourth-order valence-corrected chi connectivity index (χ4v) is 3.15. The molecule has 0 unspecified atom stereocenters. The lowest BCUT2D eigenvalue weighted by Gasteiger charge is -2.08. The number of pyridine rings is 1. The van der Waals surface area contributed by atoms with Crippen LogP contribution in [0.4, 0.5) is 0 Å². The molecular formula is C12H14N4O4S. The van der Waals surface area contributed by atoms with E-state index in [0.29, 0.717) is 5.56 Å². The second-order valence-corrected chi connectivity index (χ2v) is 6.16. The highest BCUT2D eigenvalue weighted by molar-refractivity contribution is 7.89. The van der Waals surface area contributed by atoms with Gasteiger partial charge >= 0.3 is 5.97 Å². The summed E-state index contributed by atoms with van der Waals surface area (Å²) in [4.78, 5) is 14.6. The van der Waals surface area contributed by atoms with Gasteiger partial charge in [0.25, 0.3) is 0 Å². The first kappa shape index (κ1) is 15.1. The van der Waals surface area contributed by atoms with Gasteiger partial charge in [0.1, 0.15) is 4.90 Å². The van der Waals surface area contributed by atoms with Crippen molar-refractivity contribution in [2.45, 2.75) is 25.3 Å². The van der Waals surface area contributed by atoms with E-state index < -0.39 is 21.7 Å².